The molecule has 0 aliphatic rings. The van der Waals surface area contributed by atoms with Crippen molar-refractivity contribution in [1.82, 2.24) is 10.1 Å². The molecule has 0 saturated carbocycles. The summed E-state index contributed by atoms with van der Waals surface area (Å²) in [5.41, 5.74) is 3.66. The van der Waals surface area contributed by atoms with Crippen LogP contribution in [0, 0.1) is 6.92 Å². The average molecular weight is 303 g/mol. The van der Waals surface area contributed by atoms with Crippen molar-refractivity contribution < 1.29 is 9.26 Å². The Balaban J connectivity index is 2.08. The van der Waals surface area contributed by atoms with E-state index in [2.05, 4.69) is 54.4 Å². The number of anilines is 1. The van der Waals surface area contributed by atoms with Gasteiger partial charge in [-0.2, -0.15) is 4.98 Å². The lowest BCUT2D eigenvalue weighted by Crippen LogP contribution is -2.06. The molecule has 0 unspecified atom stereocenters. The number of rotatable bonds is 7. The Morgan fingerprint density at radius 3 is 2.73 bits per heavy atom. The zero-order valence-corrected chi connectivity index (χ0v) is 14.0. The predicted molar refractivity (Wildman–Crippen MR) is 86.9 cm³/mol. The zero-order valence-electron chi connectivity index (χ0n) is 14.0. The number of aromatic nitrogens is 2. The summed E-state index contributed by atoms with van der Waals surface area (Å²) in [6, 6.07) is 6.34. The number of ether oxygens (including phenoxy) is 1. The molecule has 0 amide bonds. The molecule has 0 spiro atoms. The Labute approximate surface area is 132 Å². The summed E-state index contributed by atoms with van der Waals surface area (Å²) in [4.78, 5) is 4.38. The highest BCUT2D eigenvalue weighted by Gasteiger charge is 2.14. The van der Waals surface area contributed by atoms with Gasteiger partial charge in [-0.05, 0) is 37.8 Å². The van der Waals surface area contributed by atoms with Crippen molar-refractivity contribution in [2.75, 3.05) is 11.9 Å². The van der Waals surface area contributed by atoms with E-state index in [4.69, 9.17) is 9.26 Å². The first-order valence-corrected chi connectivity index (χ1v) is 7.80. The Kier molecular flexibility index (Phi) is 5.55. The van der Waals surface area contributed by atoms with Gasteiger partial charge in [0.1, 0.15) is 6.10 Å². The van der Waals surface area contributed by atoms with E-state index in [-0.39, 0.29) is 6.10 Å². The Bertz CT molecular complexity index is 608. The topological polar surface area (TPSA) is 60.2 Å². The van der Waals surface area contributed by atoms with Crippen LogP contribution in [-0.4, -0.2) is 16.7 Å². The summed E-state index contributed by atoms with van der Waals surface area (Å²) in [6.45, 7) is 11.5. The molecule has 2 rings (SSSR count). The minimum absolute atomic E-state index is 0.146. The van der Waals surface area contributed by atoms with Crippen LogP contribution in [0.2, 0.25) is 0 Å². The summed E-state index contributed by atoms with van der Waals surface area (Å²) >= 11 is 0. The molecule has 120 valence electrons. The van der Waals surface area contributed by atoms with Crippen LogP contribution in [-0.2, 0) is 11.3 Å². The van der Waals surface area contributed by atoms with Gasteiger partial charge >= 0.3 is 0 Å². The summed E-state index contributed by atoms with van der Waals surface area (Å²) in [5, 5.41) is 7.40. The predicted octanol–water partition coefficient (Wildman–Crippen LogP) is 4.21. The van der Waals surface area contributed by atoms with Crippen molar-refractivity contribution in [2.45, 2.75) is 53.2 Å². The standard InChI is InChI=1S/C17H25N3O2/c1-6-21-13(5)17-19-15(22-20-17)10-18-16-12(4)8-7-9-14(16)11(2)3/h7-9,11,13,18H,6,10H2,1-5H3/t13-/m1/s1. The first kappa shape index (κ1) is 16.5. The number of para-hydroxylation sites is 1. The lowest BCUT2D eigenvalue weighted by Gasteiger charge is -2.16. The minimum atomic E-state index is -0.146. The van der Waals surface area contributed by atoms with Crippen LogP contribution in [0.25, 0.3) is 0 Å². The lowest BCUT2D eigenvalue weighted by atomic mass is 9.98. The van der Waals surface area contributed by atoms with E-state index >= 15 is 0 Å². The average Bonchev–Trinajstić information content (AvgIpc) is 2.95. The number of nitrogens with one attached hydrogen (secondary N) is 1. The van der Waals surface area contributed by atoms with Gasteiger partial charge in [0.2, 0.25) is 5.89 Å². The normalized spacial score (nSPS) is 12.6. The molecule has 0 saturated heterocycles. The molecule has 2 aromatic rings. The van der Waals surface area contributed by atoms with Gasteiger partial charge in [-0.3, -0.25) is 0 Å². The first-order chi connectivity index (χ1) is 10.5. The highest BCUT2D eigenvalue weighted by molar-refractivity contribution is 5.58. The Morgan fingerprint density at radius 2 is 2.05 bits per heavy atom. The maximum atomic E-state index is 5.47. The van der Waals surface area contributed by atoms with Gasteiger partial charge in [0, 0.05) is 12.3 Å². The van der Waals surface area contributed by atoms with Crippen LogP contribution in [0.3, 0.4) is 0 Å². The summed E-state index contributed by atoms with van der Waals surface area (Å²) in [6.07, 6.45) is -0.146. The number of hydrogen-bond acceptors (Lipinski definition) is 5. The SMILES string of the molecule is CCO[C@H](C)c1noc(CNc2c(C)cccc2C(C)C)n1. The van der Waals surface area contributed by atoms with Gasteiger partial charge in [-0.1, -0.05) is 37.2 Å². The van der Waals surface area contributed by atoms with E-state index in [9.17, 15) is 0 Å². The summed E-state index contributed by atoms with van der Waals surface area (Å²) < 4.78 is 10.8. The molecule has 1 aromatic heterocycles. The highest BCUT2D eigenvalue weighted by atomic mass is 16.5. The van der Waals surface area contributed by atoms with E-state index in [0.29, 0.717) is 30.8 Å². The van der Waals surface area contributed by atoms with Crippen molar-refractivity contribution in [3.05, 3.63) is 41.0 Å². The van der Waals surface area contributed by atoms with Gasteiger partial charge in [-0.25, -0.2) is 0 Å². The minimum Gasteiger partial charge on any atom is -0.376 e. The van der Waals surface area contributed by atoms with Crippen LogP contribution in [0.4, 0.5) is 5.69 Å². The first-order valence-electron chi connectivity index (χ1n) is 7.80. The number of nitrogens with zero attached hydrogens (tertiary/aromatic N) is 2. The fraction of sp³-hybridized carbons (Fsp3) is 0.529. The third-order valence-corrected chi connectivity index (χ3v) is 3.61. The van der Waals surface area contributed by atoms with Gasteiger partial charge in [-0.15, -0.1) is 0 Å². The molecule has 0 radical (unpaired) electrons. The van der Waals surface area contributed by atoms with Gasteiger partial charge in [0.15, 0.2) is 5.82 Å². The van der Waals surface area contributed by atoms with Crippen molar-refractivity contribution in [3.63, 3.8) is 0 Å². The van der Waals surface area contributed by atoms with Crippen molar-refractivity contribution in [1.29, 1.82) is 0 Å². The quantitative estimate of drug-likeness (QED) is 0.830. The molecule has 0 bridgehead atoms. The molecular weight excluding hydrogens is 278 g/mol. The van der Waals surface area contributed by atoms with E-state index in [1.165, 1.54) is 11.1 Å². The molecule has 0 aliphatic carbocycles. The Hall–Kier alpha value is -1.88. The van der Waals surface area contributed by atoms with Gasteiger partial charge in [0.05, 0.1) is 6.54 Å². The van der Waals surface area contributed by atoms with Gasteiger partial charge < -0.3 is 14.6 Å². The molecule has 1 heterocycles. The summed E-state index contributed by atoms with van der Waals surface area (Å²) in [7, 11) is 0. The van der Waals surface area contributed by atoms with Crippen LogP contribution >= 0.6 is 0 Å². The van der Waals surface area contributed by atoms with E-state index in [1.54, 1.807) is 0 Å². The highest BCUT2D eigenvalue weighted by Crippen LogP contribution is 2.27. The van der Waals surface area contributed by atoms with Crippen molar-refractivity contribution in [3.8, 4) is 0 Å². The zero-order chi connectivity index (χ0) is 16.1. The molecule has 1 N–H and O–H groups in total. The molecule has 22 heavy (non-hydrogen) atoms. The molecule has 1 aromatic carbocycles. The molecular formula is C17H25N3O2. The molecule has 0 fully saturated rings. The number of benzene rings is 1. The second kappa shape index (κ2) is 7.40. The van der Waals surface area contributed by atoms with Crippen molar-refractivity contribution in [2.24, 2.45) is 0 Å². The third kappa shape index (κ3) is 3.85. The second-order valence-electron chi connectivity index (χ2n) is 5.69. The molecule has 5 heteroatoms. The molecule has 1 atom stereocenters. The number of aryl methyl sites for hydroxylation is 1. The van der Waals surface area contributed by atoms with Crippen LogP contribution < -0.4 is 5.32 Å². The maximum Gasteiger partial charge on any atom is 0.246 e. The summed E-state index contributed by atoms with van der Waals surface area (Å²) in [5.74, 6) is 1.62. The Morgan fingerprint density at radius 1 is 1.27 bits per heavy atom. The number of hydrogen-bond donors (Lipinski definition) is 1. The van der Waals surface area contributed by atoms with E-state index in [0.717, 1.165) is 5.69 Å². The maximum absolute atomic E-state index is 5.47. The van der Waals surface area contributed by atoms with E-state index < -0.39 is 0 Å². The lowest BCUT2D eigenvalue weighted by molar-refractivity contribution is 0.0683. The molecule has 0 aliphatic heterocycles. The van der Waals surface area contributed by atoms with Crippen LogP contribution in [0.15, 0.2) is 22.7 Å². The monoisotopic (exact) mass is 303 g/mol. The molecule has 5 nitrogen and oxygen atoms in total. The second-order valence-corrected chi connectivity index (χ2v) is 5.69. The fourth-order valence-electron chi connectivity index (χ4n) is 2.41. The smallest absolute Gasteiger partial charge is 0.246 e. The van der Waals surface area contributed by atoms with E-state index in [1.807, 2.05) is 13.8 Å². The van der Waals surface area contributed by atoms with Crippen LogP contribution in [0.1, 0.15) is 62.6 Å². The third-order valence-electron chi connectivity index (χ3n) is 3.61. The van der Waals surface area contributed by atoms with Crippen molar-refractivity contribution >= 4 is 5.69 Å². The van der Waals surface area contributed by atoms with Crippen LogP contribution in [0.5, 0.6) is 0 Å². The van der Waals surface area contributed by atoms with Gasteiger partial charge in [0.25, 0.3) is 0 Å². The largest absolute Gasteiger partial charge is 0.376 e. The fourth-order valence-corrected chi connectivity index (χ4v) is 2.41.